The van der Waals surface area contributed by atoms with Crippen LogP contribution in [0.2, 0.25) is 0 Å². The zero-order valence-corrected chi connectivity index (χ0v) is 8.80. The van der Waals surface area contributed by atoms with Gasteiger partial charge in [0.1, 0.15) is 6.77 Å². The van der Waals surface area contributed by atoms with Gasteiger partial charge in [-0.3, -0.25) is 4.67 Å². The lowest BCUT2D eigenvalue weighted by atomic mass is 10.7. The molecular weight excluding hydrogens is 242 g/mol. The Kier molecular flexibility index (Phi) is 4.91. The van der Waals surface area contributed by atoms with Crippen molar-refractivity contribution in [2.45, 2.75) is 19.8 Å². The molecule has 6 heteroatoms. The molecular formula is C5H10BrF3NP. The van der Waals surface area contributed by atoms with Gasteiger partial charge in [0, 0.05) is 13.1 Å². The first-order valence-electron chi connectivity index (χ1n) is 3.21. The van der Waals surface area contributed by atoms with Crippen molar-refractivity contribution in [3.05, 3.63) is 0 Å². The molecule has 1 atom stereocenters. The van der Waals surface area contributed by atoms with Crippen molar-refractivity contribution in [1.29, 1.82) is 0 Å². The molecule has 0 amide bonds. The summed E-state index contributed by atoms with van der Waals surface area (Å²) in [6.07, 6.45) is 0. The van der Waals surface area contributed by atoms with E-state index in [0.717, 1.165) is 0 Å². The summed E-state index contributed by atoms with van der Waals surface area (Å²) in [7, 11) is 0. The van der Waals surface area contributed by atoms with Crippen molar-refractivity contribution in [3.8, 4) is 0 Å². The third-order valence-electron chi connectivity index (χ3n) is 1.19. The summed E-state index contributed by atoms with van der Waals surface area (Å²) < 4.78 is 37.4. The maximum absolute atomic E-state index is 12.0. The molecule has 68 valence electrons. The highest BCUT2D eigenvalue weighted by atomic mass is 79.9. The molecule has 0 aromatic rings. The van der Waals surface area contributed by atoms with Crippen LogP contribution in [0.5, 0.6) is 0 Å². The lowest BCUT2D eigenvalue weighted by Gasteiger charge is -2.25. The summed E-state index contributed by atoms with van der Waals surface area (Å²) in [4.78, 5) is 0. The molecule has 0 N–H and O–H groups in total. The summed E-state index contributed by atoms with van der Waals surface area (Å²) >= 11 is 2.65. The molecule has 0 saturated heterocycles. The Balaban J connectivity index is 4.09. The van der Waals surface area contributed by atoms with Gasteiger partial charge in [0.05, 0.1) is 0 Å². The maximum atomic E-state index is 12.0. The fourth-order valence-electron chi connectivity index (χ4n) is 0.632. The van der Waals surface area contributed by atoms with E-state index in [4.69, 9.17) is 0 Å². The number of hydrogen-bond acceptors (Lipinski definition) is 1. The minimum absolute atomic E-state index is 0.424. The Hall–Kier alpha value is 0.660. The van der Waals surface area contributed by atoms with Gasteiger partial charge < -0.3 is 0 Å². The van der Waals surface area contributed by atoms with Crippen LogP contribution < -0.4 is 0 Å². The van der Waals surface area contributed by atoms with E-state index in [1.807, 2.05) is 0 Å². The van der Waals surface area contributed by atoms with Gasteiger partial charge >= 0.3 is 5.92 Å². The third-order valence-corrected chi connectivity index (χ3v) is 5.22. The highest BCUT2D eigenvalue weighted by Crippen LogP contribution is 2.61. The average Bonchev–Trinajstić information content (AvgIpc) is 1.88. The molecule has 0 fully saturated rings. The molecule has 0 radical (unpaired) electrons. The predicted molar refractivity (Wildman–Crippen MR) is 44.8 cm³/mol. The minimum atomic E-state index is -4.11. The zero-order valence-electron chi connectivity index (χ0n) is 6.32. The SMILES string of the molecule is CCN(CC)P(Br)C(F)(F)F. The Morgan fingerprint density at radius 2 is 1.64 bits per heavy atom. The molecule has 0 saturated carbocycles. The summed E-state index contributed by atoms with van der Waals surface area (Å²) in [6, 6.07) is 0. The van der Waals surface area contributed by atoms with E-state index in [-0.39, 0.29) is 0 Å². The van der Waals surface area contributed by atoms with E-state index in [1.165, 1.54) is 4.67 Å². The third kappa shape index (κ3) is 3.72. The Morgan fingerprint density at radius 1 is 1.27 bits per heavy atom. The van der Waals surface area contributed by atoms with Crippen LogP contribution in [0.25, 0.3) is 0 Å². The molecule has 0 aliphatic heterocycles. The average molecular weight is 252 g/mol. The zero-order chi connectivity index (χ0) is 9.07. The van der Waals surface area contributed by atoms with Crippen LogP contribution in [0.3, 0.4) is 0 Å². The molecule has 0 heterocycles. The van der Waals surface area contributed by atoms with Crippen LogP contribution in [0.4, 0.5) is 13.2 Å². The number of halogens is 4. The van der Waals surface area contributed by atoms with Gasteiger partial charge in [0.2, 0.25) is 0 Å². The molecule has 0 rings (SSSR count). The smallest absolute Gasteiger partial charge is 0.267 e. The van der Waals surface area contributed by atoms with Crippen LogP contribution in [0, 0.1) is 0 Å². The first-order valence-corrected chi connectivity index (χ1v) is 6.52. The minimum Gasteiger partial charge on any atom is -0.267 e. The van der Waals surface area contributed by atoms with E-state index in [2.05, 4.69) is 15.5 Å². The molecule has 0 bridgehead atoms. The van der Waals surface area contributed by atoms with E-state index >= 15 is 0 Å². The van der Waals surface area contributed by atoms with E-state index in [9.17, 15) is 13.2 Å². The van der Waals surface area contributed by atoms with Crippen LogP contribution in [-0.4, -0.2) is 23.7 Å². The normalized spacial score (nSPS) is 15.5. The second kappa shape index (κ2) is 4.63. The summed E-state index contributed by atoms with van der Waals surface area (Å²) in [5.41, 5.74) is 0. The number of nitrogens with zero attached hydrogens (tertiary/aromatic N) is 1. The van der Waals surface area contributed by atoms with Crippen molar-refractivity contribution in [2.24, 2.45) is 0 Å². The van der Waals surface area contributed by atoms with Crippen molar-refractivity contribution >= 4 is 22.3 Å². The van der Waals surface area contributed by atoms with Gasteiger partial charge in [0.15, 0.2) is 0 Å². The molecule has 0 aromatic heterocycles. The predicted octanol–water partition coefficient (Wildman–Crippen LogP) is 3.55. The van der Waals surface area contributed by atoms with Gasteiger partial charge in [-0.1, -0.05) is 13.8 Å². The largest absolute Gasteiger partial charge is 0.429 e. The highest BCUT2D eigenvalue weighted by Gasteiger charge is 2.41. The first-order chi connectivity index (χ1) is 4.93. The lowest BCUT2D eigenvalue weighted by Crippen LogP contribution is -2.21. The highest BCUT2D eigenvalue weighted by molar-refractivity contribution is 9.39. The van der Waals surface area contributed by atoms with Crippen molar-refractivity contribution in [3.63, 3.8) is 0 Å². The quantitative estimate of drug-likeness (QED) is 0.694. The molecule has 1 nitrogen and oxygen atoms in total. The topological polar surface area (TPSA) is 3.24 Å². The van der Waals surface area contributed by atoms with Crippen LogP contribution in [-0.2, 0) is 0 Å². The number of hydrogen-bond donors (Lipinski definition) is 0. The molecule has 11 heavy (non-hydrogen) atoms. The number of alkyl halides is 3. The fraction of sp³-hybridized carbons (Fsp3) is 1.00. The van der Waals surface area contributed by atoms with Crippen LogP contribution >= 0.6 is 22.3 Å². The van der Waals surface area contributed by atoms with Gasteiger partial charge in [-0.05, 0) is 15.5 Å². The van der Waals surface area contributed by atoms with Gasteiger partial charge in [-0.25, -0.2) is 0 Å². The molecule has 0 aliphatic rings. The second-order valence-corrected chi connectivity index (χ2v) is 5.48. The second-order valence-electron chi connectivity index (χ2n) is 1.87. The van der Waals surface area contributed by atoms with E-state index in [0.29, 0.717) is 13.1 Å². The summed E-state index contributed by atoms with van der Waals surface area (Å²) in [5, 5.41) is 0. The summed E-state index contributed by atoms with van der Waals surface area (Å²) in [5.74, 6) is -4.11. The van der Waals surface area contributed by atoms with Crippen molar-refractivity contribution in [2.75, 3.05) is 13.1 Å². The Bertz CT molecular complexity index is 115. The van der Waals surface area contributed by atoms with Gasteiger partial charge in [-0.15, -0.1) is 0 Å². The fourth-order valence-corrected chi connectivity index (χ4v) is 2.80. The Labute approximate surface area is 73.5 Å². The van der Waals surface area contributed by atoms with Crippen molar-refractivity contribution < 1.29 is 13.2 Å². The molecule has 0 aliphatic carbocycles. The maximum Gasteiger partial charge on any atom is 0.429 e. The number of rotatable bonds is 3. The van der Waals surface area contributed by atoms with Crippen LogP contribution in [0.1, 0.15) is 13.8 Å². The van der Waals surface area contributed by atoms with E-state index < -0.39 is 12.7 Å². The standard InChI is InChI=1S/C5H10BrF3NP/c1-3-10(4-2)11(6)5(7,8)9/h3-4H2,1-2H3. The van der Waals surface area contributed by atoms with Gasteiger partial charge in [0.25, 0.3) is 0 Å². The van der Waals surface area contributed by atoms with E-state index in [1.54, 1.807) is 13.8 Å². The lowest BCUT2D eigenvalue weighted by molar-refractivity contribution is -0.0420. The van der Waals surface area contributed by atoms with Crippen molar-refractivity contribution in [1.82, 2.24) is 4.67 Å². The molecule has 0 spiro atoms. The molecule has 1 unspecified atom stereocenters. The monoisotopic (exact) mass is 251 g/mol. The Morgan fingerprint density at radius 3 is 1.73 bits per heavy atom. The first kappa shape index (κ1) is 11.7. The molecule has 0 aromatic carbocycles. The van der Waals surface area contributed by atoms with Gasteiger partial charge in [-0.2, -0.15) is 13.2 Å². The summed E-state index contributed by atoms with van der Waals surface area (Å²) in [6.45, 7) is 2.14. The van der Waals surface area contributed by atoms with Crippen LogP contribution in [0.15, 0.2) is 0 Å².